The van der Waals surface area contributed by atoms with E-state index in [0.717, 1.165) is 30.0 Å². The molecule has 0 heterocycles. The Balaban J connectivity index is 1.76. The van der Waals surface area contributed by atoms with Gasteiger partial charge < -0.3 is 16.2 Å². The molecule has 0 aliphatic heterocycles. The van der Waals surface area contributed by atoms with Gasteiger partial charge in [-0.3, -0.25) is 4.79 Å². The Morgan fingerprint density at radius 3 is 2.52 bits per heavy atom. The molecule has 0 aromatic heterocycles. The van der Waals surface area contributed by atoms with Gasteiger partial charge in [0, 0.05) is 18.8 Å². The van der Waals surface area contributed by atoms with E-state index in [1.165, 1.54) is 0 Å². The predicted octanol–water partition coefficient (Wildman–Crippen LogP) is 2.31. The normalized spacial score (nSPS) is 15.9. The van der Waals surface area contributed by atoms with E-state index >= 15 is 0 Å². The van der Waals surface area contributed by atoms with Crippen molar-refractivity contribution in [3.05, 3.63) is 42.0 Å². The molecule has 110 valence electrons. The Morgan fingerprint density at radius 2 is 1.90 bits per heavy atom. The van der Waals surface area contributed by atoms with Crippen LogP contribution in [0.15, 0.2) is 36.4 Å². The van der Waals surface area contributed by atoms with E-state index in [9.17, 15) is 4.79 Å². The molecule has 0 spiro atoms. The van der Waals surface area contributed by atoms with E-state index in [2.05, 4.69) is 5.32 Å². The first-order valence-corrected chi connectivity index (χ1v) is 7.31. The number of nitrogen functional groups attached to an aromatic ring is 1. The van der Waals surface area contributed by atoms with Gasteiger partial charge in [0.05, 0.1) is 5.56 Å². The highest BCUT2D eigenvalue weighted by molar-refractivity contribution is 6.03. The number of nitrogens with two attached hydrogens (primary N) is 1. The highest BCUT2D eigenvalue weighted by Crippen LogP contribution is 2.47. The molecule has 4 nitrogen and oxygen atoms in total. The van der Waals surface area contributed by atoms with Crippen LogP contribution in [0.3, 0.4) is 0 Å². The summed E-state index contributed by atoms with van der Waals surface area (Å²) in [6, 6.07) is 11.5. The molecule has 0 unspecified atom stereocenters. The number of benzene rings is 2. The first kappa shape index (κ1) is 13.9. The van der Waals surface area contributed by atoms with Gasteiger partial charge in [0.15, 0.2) is 0 Å². The van der Waals surface area contributed by atoms with Gasteiger partial charge in [0.1, 0.15) is 0 Å². The first-order chi connectivity index (χ1) is 10.1. The number of aliphatic hydroxyl groups excluding tert-OH is 1. The van der Waals surface area contributed by atoms with E-state index in [-0.39, 0.29) is 17.9 Å². The van der Waals surface area contributed by atoms with Crippen molar-refractivity contribution in [2.24, 2.45) is 5.41 Å². The number of hydrogen-bond acceptors (Lipinski definition) is 3. The zero-order valence-corrected chi connectivity index (χ0v) is 11.9. The number of anilines is 1. The molecule has 0 bridgehead atoms. The summed E-state index contributed by atoms with van der Waals surface area (Å²) < 4.78 is 0. The Hall–Kier alpha value is -2.07. The van der Waals surface area contributed by atoms with Crippen molar-refractivity contribution in [1.82, 2.24) is 5.32 Å². The standard InChI is InChI=1S/C17H20N2O2/c18-15-10-13-4-2-1-3-12(13)9-14(15)16(21)19-11-17(5-6-17)7-8-20/h1-4,9-10,20H,5-8,11,18H2,(H,19,21). The third-order valence-corrected chi connectivity index (χ3v) is 4.39. The van der Waals surface area contributed by atoms with Crippen molar-refractivity contribution in [2.75, 3.05) is 18.9 Å². The van der Waals surface area contributed by atoms with Crippen LogP contribution in [0.4, 0.5) is 5.69 Å². The minimum Gasteiger partial charge on any atom is -0.398 e. The largest absolute Gasteiger partial charge is 0.398 e. The third-order valence-electron chi connectivity index (χ3n) is 4.39. The minimum atomic E-state index is -0.137. The maximum Gasteiger partial charge on any atom is 0.253 e. The monoisotopic (exact) mass is 284 g/mol. The lowest BCUT2D eigenvalue weighted by molar-refractivity contribution is 0.0942. The van der Waals surface area contributed by atoms with Gasteiger partial charge >= 0.3 is 0 Å². The van der Waals surface area contributed by atoms with Gasteiger partial charge in [-0.15, -0.1) is 0 Å². The number of fused-ring (bicyclic) bond motifs is 1. The second kappa shape index (κ2) is 5.37. The molecule has 2 aromatic rings. The molecule has 1 aliphatic rings. The van der Waals surface area contributed by atoms with Crippen LogP contribution in [0.25, 0.3) is 10.8 Å². The van der Waals surface area contributed by atoms with Gasteiger partial charge in [0.2, 0.25) is 0 Å². The van der Waals surface area contributed by atoms with E-state index in [4.69, 9.17) is 10.8 Å². The maximum absolute atomic E-state index is 12.3. The second-order valence-corrected chi connectivity index (χ2v) is 5.94. The average Bonchev–Trinajstić information content (AvgIpc) is 3.24. The zero-order chi connectivity index (χ0) is 14.9. The van der Waals surface area contributed by atoms with Crippen LogP contribution in [0, 0.1) is 5.41 Å². The second-order valence-electron chi connectivity index (χ2n) is 5.94. The Bertz CT molecular complexity index is 678. The first-order valence-electron chi connectivity index (χ1n) is 7.31. The minimum absolute atomic E-state index is 0.107. The van der Waals surface area contributed by atoms with Crippen molar-refractivity contribution in [3.63, 3.8) is 0 Å². The van der Waals surface area contributed by atoms with E-state index < -0.39 is 0 Å². The molecular formula is C17H20N2O2. The van der Waals surface area contributed by atoms with Crippen molar-refractivity contribution >= 4 is 22.4 Å². The highest BCUT2D eigenvalue weighted by atomic mass is 16.3. The van der Waals surface area contributed by atoms with E-state index in [1.807, 2.05) is 36.4 Å². The summed E-state index contributed by atoms with van der Waals surface area (Å²) in [6.45, 7) is 0.784. The Kier molecular flexibility index (Phi) is 3.55. The number of nitrogens with one attached hydrogen (secondary N) is 1. The fourth-order valence-corrected chi connectivity index (χ4v) is 2.75. The average molecular weight is 284 g/mol. The SMILES string of the molecule is Nc1cc2ccccc2cc1C(=O)NCC1(CCO)CC1. The maximum atomic E-state index is 12.3. The molecular weight excluding hydrogens is 264 g/mol. The molecule has 2 aromatic carbocycles. The summed E-state index contributed by atoms with van der Waals surface area (Å²) >= 11 is 0. The summed E-state index contributed by atoms with van der Waals surface area (Å²) in [5.74, 6) is -0.137. The number of carbonyl (C=O) groups is 1. The number of hydrogen-bond donors (Lipinski definition) is 3. The number of carbonyl (C=O) groups excluding carboxylic acids is 1. The van der Waals surface area contributed by atoms with Crippen LogP contribution in [0.1, 0.15) is 29.6 Å². The van der Waals surface area contributed by atoms with Crippen LogP contribution < -0.4 is 11.1 Å². The van der Waals surface area contributed by atoms with Gasteiger partial charge in [-0.1, -0.05) is 24.3 Å². The predicted molar refractivity (Wildman–Crippen MR) is 84.1 cm³/mol. The van der Waals surface area contributed by atoms with Crippen LogP contribution >= 0.6 is 0 Å². The molecule has 1 amide bonds. The summed E-state index contributed by atoms with van der Waals surface area (Å²) in [5.41, 5.74) is 7.13. The lowest BCUT2D eigenvalue weighted by Gasteiger charge is -2.15. The summed E-state index contributed by atoms with van der Waals surface area (Å²) in [5, 5.41) is 14.1. The third kappa shape index (κ3) is 2.85. The molecule has 4 heteroatoms. The van der Waals surface area contributed by atoms with E-state index in [1.54, 1.807) is 0 Å². The Labute approximate surface area is 124 Å². The van der Waals surface area contributed by atoms with Crippen molar-refractivity contribution in [1.29, 1.82) is 0 Å². The molecule has 1 fully saturated rings. The van der Waals surface area contributed by atoms with Crippen LogP contribution in [0.2, 0.25) is 0 Å². The molecule has 4 N–H and O–H groups in total. The van der Waals surface area contributed by atoms with E-state index in [0.29, 0.717) is 17.8 Å². The van der Waals surface area contributed by atoms with Crippen molar-refractivity contribution in [2.45, 2.75) is 19.3 Å². The van der Waals surface area contributed by atoms with Crippen LogP contribution in [-0.4, -0.2) is 24.2 Å². The lowest BCUT2D eigenvalue weighted by atomic mass is 10.0. The molecule has 0 atom stereocenters. The topological polar surface area (TPSA) is 75.4 Å². The zero-order valence-electron chi connectivity index (χ0n) is 11.9. The van der Waals surface area contributed by atoms with Crippen molar-refractivity contribution < 1.29 is 9.90 Å². The number of amides is 1. The molecule has 0 radical (unpaired) electrons. The quantitative estimate of drug-likeness (QED) is 0.738. The summed E-state index contributed by atoms with van der Waals surface area (Å²) in [4.78, 5) is 12.3. The molecule has 3 rings (SSSR count). The summed E-state index contributed by atoms with van der Waals surface area (Å²) in [6.07, 6.45) is 2.89. The van der Waals surface area contributed by atoms with Gasteiger partial charge in [-0.2, -0.15) is 0 Å². The fraction of sp³-hybridized carbons (Fsp3) is 0.353. The Morgan fingerprint density at radius 1 is 1.24 bits per heavy atom. The van der Waals surface area contributed by atoms with Crippen LogP contribution in [0.5, 0.6) is 0 Å². The number of aliphatic hydroxyl groups is 1. The van der Waals surface area contributed by atoms with Gasteiger partial charge in [0.25, 0.3) is 5.91 Å². The smallest absolute Gasteiger partial charge is 0.253 e. The van der Waals surface area contributed by atoms with Crippen molar-refractivity contribution in [3.8, 4) is 0 Å². The number of rotatable bonds is 5. The highest BCUT2D eigenvalue weighted by Gasteiger charge is 2.41. The molecule has 0 saturated heterocycles. The molecule has 1 saturated carbocycles. The van der Waals surface area contributed by atoms with Gasteiger partial charge in [-0.25, -0.2) is 0 Å². The molecule has 21 heavy (non-hydrogen) atoms. The summed E-state index contributed by atoms with van der Waals surface area (Å²) in [7, 11) is 0. The molecule has 1 aliphatic carbocycles. The fourth-order valence-electron chi connectivity index (χ4n) is 2.75. The van der Waals surface area contributed by atoms with Gasteiger partial charge in [-0.05, 0) is 47.6 Å². The van der Waals surface area contributed by atoms with Crippen LogP contribution in [-0.2, 0) is 0 Å². The lowest BCUT2D eigenvalue weighted by Crippen LogP contribution is -2.31.